The van der Waals surface area contributed by atoms with Gasteiger partial charge in [0.25, 0.3) is 5.91 Å². The monoisotopic (exact) mass is 403 g/mol. The molecule has 0 saturated carbocycles. The molecule has 0 aliphatic carbocycles. The van der Waals surface area contributed by atoms with Crippen LogP contribution in [0.3, 0.4) is 0 Å². The summed E-state index contributed by atoms with van der Waals surface area (Å²) in [6.45, 7) is 0. The summed E-state index contributed by atoms with van der Waals surface area (Å²) >= 11 is 14.8. The van der Waals surface area contributed by atoms with Crippen molar-refractivity contribution in [1.29, 1.82) is 0 Å². The van der Waals surface area contributed by atoms with Gasteiger partial charge in [-0.1, -0.05) is 23.2 Å². The lowest BCUT2D eigenvalue weighted by Gasteiger charge is -2.18. The van der Waals surface area contributed by atoms with Crippen molar-refractivity contribution in [3.8, 4) is 0 Å². The summed E-state index contributed by atoms with van der Waals surface area (Å²) < 4.78 is 0. The van der Waals surface area contributed by atoms with Crippen molar-refractivity contribution < 1.29 is 9.59 Å². The third kappa shape index (κ3) is 5.37. The summed E-state index contributed by atoms with van der Waals surface area (Å²) in [6.07, 6.45) is 4.03. The molecule has 128 valence electrons. The normalized spacial score (nSPS) is 11.8. The number of aromatic nitrogens is 1. The third-order valence-electron chi connectivity index (χ3n) is 3.07. The highest BCUT2D eigenvalue weighted by molar-refractivity contribution is 7.98. The van der Waals surface area contributed by atoms with Crippen molar-refractivity contribution in [2.45, 2.75) is 12.5 Å². The fourth-order valence-corrected chi connectivity index (χ4v) is 3.39. The maximum atomic E-state index is 12.4. The van der Waals surface area contributed by atoms with Crippen molar-refractivity contribution in [3.63, 3.8) is 0 Å². The Labute approximate surface area is 158 Å². The second-order valence-electron chi connectivity index (χ2n) is 4.76. The lowest BCUT2D eigenvalue weighted by molar-refractivity contribution is -0.118. The minimum Gasteiger partial charge on any atom is -0.340 e. The van der Waals surface area contributed by atoms with E-state index in [0.29, 0.717) is 16.6 Å². The summed E-state index contributed by atoms with van der Waals surface area (Å²) in [7, 11) is 0. The molecule has 2 N–H and O–H groups in total. The molecule has 24 heavy (non-hydrogen) atoms. The van der Waals surface area contributed by atoms with Crippen molar-refractivity contribution in [2.24, 2.45) is 0 Å². The van der Waals surface area contributed by atoms with E-state index in [2.05, 4.69) is 15.6 Å². The number of amides is 2. The van der Waals surface area contributed by atoms with Crippen molar-refractivity contribution >= 4 is 63.2 Å². The van der Waals surface area contributed by atoms with E-state index in [-0.39, 0.29) is 16.5 Å². The predicted octanol–water partition coefficient (Wildman–Crippen LogP) is 3.94. The van der Waals surface area contributed by atoms with Gasteiger partial charge in [0.1, 0.15) is 6.04 Å². The van der Waals surface area contributed by atoms with Crippen LogP contribution in [0, 0.1) is 0 Å². The van der Waals surface area contributed by atoms with Gasteiger partial charge >= 0.3 is 0 Å². The van der Waals surface area contributed by atoms with Crippen molar-refractivity contribution in [2.75, 3.05) is 17.3 Å². The van der Waals surface area contributed by atoms with Crippen LogP contribution < -0.4 is 10.6 Å². The van der Waals surface area contributed by atoms with E-state index in [1.54, 1.807) is 29.4 Å². The van der Waals surface area contributed by atoms with Crippen molar-refractivity contribution in [1.82, 2.24) is 10.3 Å². The first-order chi connectivity index (χ1) is 11.5. The van der Waals surface area contributed by atoms with Gasteiger partial charge in [-0.25, -0.2) is 4.98 Å². The number of carbonyl (C=O) groups is 2. The number of halogens is 2. The number of hydrogen-bond acceptors (Lipinski definition) is 5. The number of hydrogen-bond donors (Lipinski definition) is 2. The Morgan fingerprint density at radius 3 is 2.79 bits per heavy atom. The lowest BCUT2D eigenvalue weighted by atomic mass is 10.1. The van der Waals surface area contributed by atoms with Gasteiger partial charge in [-0.05, 0) is 36.6 Å². The van der Waals surface area contributed by atoms with E-state index in [4.69, 9.17) is 23.2 Å². The number of thiazole rings is 1. The third-order valence-corrected chi connectivity index (χ3v) is 4.95. The first-order valence-electron chi connectivity index (χ1n) is 6.96. The van der Waals surface area contributed by atoms with E-state index < -0.39 is 11.9 Å². The van der Waals surface area contributed by atoms with E-state index in [9.17, 15) is 9.59 Å². The Morgan fingerprint density at radius 1 is 1.38 bits per heavy atom. The molecule has 1 heterocycles. The average molecular weight is 404 g/mol. The van der Waals surface area contributed by atoms with Gasteiger partial charge in [-0.15, -0.1) is 11.3 Å². The van der Waals surface area contributed by atoms with Crippen LogP contribution in [-0.4, -0.2) is 34.8 Å². The summed E-state index contributed by atoms with van der Waals surface area (Å²) in [5.41, 5.74) is 0.275. The zero-order valence-corrected chi connectivity index (χ0v) is 15.9. The summed E-state index contributed by atoms with van der Waals surface area (Å²) in [6, 6.07) is 3.92. The molecule has 1 aromatic carbocycles. The molecule has 0 bridgehead atoms. The second kappa shape index (κ2) is 9.27. The van der Waals surface area contributed by atoms with E-state index >= 15 is 0 Å². The van der Waals surface area contributed by atoms with Gasteiger partial charge in [0.15, 0.2) is 5.13 Å². The van der Waals surface area contributed by atoms with Gasteiger partial charge < -0.3 is 10.6 Å². The molecule has 0 saturated heterocycles. The highest BCUT2D eigenvalue weighted by Gasteiger charge is 2.23. The predicted molar refractivity (Wildman–Crippen MR) is 101 cm³/mol. The zero-order chi connectivity index (χ0) is 17.5. The fourth-order valence-electron chi connectivity index (χ4n) is 1.89. The molecule has 2 rings (SSSR count). The molecular weight excluding hydrogens is 389 g/mol. The first-order valence-corrected chi connectivity index (χ1v) is 9.99. The highest BCUT2D eigenvalue weighted by atomic mass is 35.5. The van der Waals surface area contributed by atoms with E-state index in [1.807, 2.05) is 6.26 Å². The molecule has 1 aromatic heterocycles. The van der Waals surface area contributed by atoms with Crippen LogP contribution in [0.5, 0.6) is 0 Å². The molecule has 0 radical (unpaired) electrons. The van der Waals surface area contributed by atoms with E-state index in [1.165, 1.54) is 23.5 Å². The molecular formula is C15H15Cl2N3O2S2. The van der Waals surface area contributed by atoms with Crippen LogP contribution in [0.25, 0.3) is 0 Å². The Kier molecular flexibility index (Phi) is 7.36. The summed E-state index contributed by atoms with van der Waals surface area (Å²) in [4.78, 5) is 28.8. The van der Waals surface area contributed by atoms with E-state index in [0.717, 1.165) is 5.75 Å². The van der Waals surface area contributed by atoms with Crippen LogP contribution in [-0.2, 0) is 4.79 Å². The molecule has 0 aliphatic rings. The Bertz CT molecular complexity index is 711. The minimum atomic E-state index is -0.680. The summed E-state index contributed by atoms with van der Waals surface area (Å²) in [5.74, 6) is -0.000548. The zero-order valence-electron chi connectivity index (χ0n) is 12.7. The fraction of sp³-hybridized carbons (Fsp3) is 0.267. The quantitative estimate of drug-likeness (QED) is 0.734. The second-order valence-corrected chi connectivity index (χ2v) is 7.48. The van der Waals surface area contributed by atoms with Crippen molar-refractivity contribution in [3.05, 3.63) is 45.4 Å². The molecule has 9 heteroatoms. The maximum Gasteiger partial charge on any atom is 0.253 e. The van der Waals surface area contributed by atoms with Crippen LogP contribution >= 0.6 is 46.3 Å². The molecule has 0 fully saturated rings. The number of nitrogens with zero attached hydrogens (tertiary/aromatic N) is 1. The van der Waals surface area contributed by atoms with Crippen LogP contribution in [0.2, 0.25) is 10.0 Å². The minimum absolute atomic E-state index is 0.240. The Balaban J connectivity index is 2.09. The molecule has 1 atom stereocenters. The number of benzene rings is 1. The van der Waals surface area contributed by atoms with Gasteiger partial charge in [0.05, 0.1) is 10.6 Å². The van der Waals surface area contributed by atoms with Crippen LogP contribution in [0.1, 0.15) is 16.8 Å². The smallest absolute Gasteiger partial charge is 0.253 e. The van der Waals surface area contributed by atoms with Gasteiger partial charge in [0.2, 0.25) is 5.91 Å². The van der Waals surface area contributed by atoms with Gasteiger partial charge in [-0.3, -0.25) is 9.59 Å². The number of nitrogens with one attached hydrogen (secondary N) is 2. The Morgan fingerprint density at radius 2 is 2.17 bits per heavy atom. The van der Waals surface area contributed by atoms with Crippen LogP contribution in [0.4, 0.5) is 5.13 Å². The van der Waals surface area contributed by atoms with Crippen LogP contribution in [0.15, 0.2) is 29.8 Å². The highest BCUT2D eigenvalue weighted by Crippen LogP contribution is 2.21. The molecule has 2 aromatic rings. The topological polar surface area (TPSA) is 71.1 Å². The van der Waals surface area contributed by atoms with Gasteiger partial charge in [0, 0.05) is 16.6 Å². The Hall–Kier alpha value is -1.28. The molecule has 2 amide bonds. The summed E-state index contributed by atoms with van der Waals surface area (Å²) in [5, 5.41) is 8.36. The number of rotatable bonds is 7. The molecule has 5 nitrogen and oxygen atoms in total. The lowest BCUT2D eigenvalue weighted by Crippen LogP contribution is -2.44. The maximum absolute atomic E-state index is 12.4. The number of thioether (sulfide) groups is 1. The number of anilines is 1. The average Bonchev–Trinajstić information content (AvgIpc) is 3.03. The standard InChI is InChI=1S/C15H15Cl2N3O2S2/c1-23-6-4-12(14(22)20-15-18-5-7-24-15)19-13(21)10-3-2-9(16)8-11(10)17/h2-3,5,7-8,12H,4,6H2,1H3,(H,19,21)(H,18,20,22)/t12-/m1/s1. The number of carbonyl (C=O) groups excluding carboxylic acids is 2. The first kappa shape index (κ1) is 19.1. The largest absolute Gasteiger partial charge is 0.340 e. The molecule has 0 spiro atoms. The van der Waals surface area contributed by atoms with Gasteiger partial charge in [-0.2, -0.15) is 11.8 Å². The molecule has 0 aliphatic heterocycles. The molecule has 0 unspecified atom stereocenters. The SMILES string of the molecule is CSCC[C@@H](NC(=O)c1ccc(Cl)cc1Cl)C(=O)Nc1nccs1.